The van der Waals surface area contributed by atoms with Crippen LogP contribution in [0.3, 0.4) is 0 Å². The van der Waals surface area contributed by atoms with Gasteiger partial charge in [0.15, 0.2) is 0 Å². The fraction of sp³-hybridized carbons (Fsp3) is 1.00. The largest absolute Gasteiger partial charge is 0.381 e. The Labute approximate surface area is 164 Å². The summed E-state index contributed by atoms with van der Waals surface area (Å²) < 4.78 is 11.6. The zero-order valence-electron chi connectivity index (χ0n) is 19.3. The SMILES string of the molecule is C[Si](C)CN(CCCOCCCN([Si](C)(C)C)[Si](C)(C)C)[Si](C)(C)C. The molecule has 0 fully saturated rings. The summed E-state index contributed by atoms with van der Waals surface area (Å²) in [6.07, 6.45) is 3.70. The van der Waals surface area contributed by atoms with Crippen molar-refractivity contribution in [2.24, 2.45) is 0 Å². The van der Waals surface area contributed by atoms with Crippen LogP contribution >= 0.6 is 0 Å². The Morgan fingerprint density at radius 1 is 0.680 bits per heavy atom. The highest BCUT2D eigenvalue weighted by atomic mass is 28.4. The molecule has 0 aromatic heterocycles. The highest BCUT2D eigenvalue weighted by Crippen LogP contribution is 2.19. The minimum atomic E-state index is -1.21. The Balaban J connectivity index is 4.09. The Morgan fingerprint density at radius 2 is 1.12 bits per heavy atom. The van der Waals surface area contributed by atoms with Crippen molar-refractivity contribution in [3.8, 4) is 0 Å². The summed E-state index contributed by atoms with van der Waals surface area (Å²) >= 11 is 0. The van der Waals surface area contributed by atoms with Gasteiger partial charge in [-0.1, -0.05) is 72.0 Å². The second-order valence-electron chi connectivity index (χ2n) is 10.6. The van der Waals surface area contributed by atoms with Crippen LogP contribution in [-0.4, -0.2) is 74.8 Å². The van der Waals surface area contributed by atoms with Gasteiger partial charge in [0.25, 0.3) is 0 Å². The molecule has 0 atom stereocenters. The van der Waals surface area contributed by atoms with Gasteiger partial charge in [-0.3, -0.25) is 0 Å². The molecule has 0 N–H and O–H groups in total. The average Bonchev–Trinajstić information content (AvgIpc) is 2.35. The zero-order chi connectivity index (χ0) is 19.9. The van der Waals surface area contributed by atoms with E-state index in [1.165, 1.54) is 32.1 Å². The molecule has 0 aromatic rings. The smallest absolute Gasteiger partial charge is 0.118 e. The molecule has 0 aliphatic carbocycles. The van der Waals surface area contributed by atoms with Crippen LogP contribution in [0.5, 0.6) is 0 Å². The maximum Gasteiger partial charge on any atom is 0.118 e. The molecular weight excluding hydrogens is 373 g/mol. The van der Waals surface area contributed by atoms with E-state index in [2.05, 4.69) is 80.8 Å². The normalized spacial score (nSPS) is 14.2. The van der Waals surface area contributed by atoms with Gasteiger partial charge in [0.1, 0.15) is 24.7 Å². The molecule has 0 amide bonds. The van der Waals surface area contributed by atoms with Crippen molar-refractivity contribution in [3.05, 3.63) is 0 Å². The first-order valence-corrected chi connectivity index (χ1v) is 23.1. The van der Waals surface area contributed by atoms with Gasteiger partial charge in [-0.25, -0.2) is 0 Å². The lowest BCUT2D eigenvalue weighted by atomic mass is 10.4. The predicted octanol–water partition coefficient (Wildman–Crippen LogP) is 5.19. The molecule has 7 heteroatoms. The summed E-state index contributed by atoms with van der Waals surface area (Å²) in [6.45, 7) is 31.5. The summed E-state index contributed by atoms with van der Waals surface area (Å²) in [7, 11) is -3.77. The Kier molecular flexibility index (Phi) is 11.2. The predicted molar refractivity (Wildman–Crippen MR) is 126 cm³/mol. The highest BCUT2D eigenvalue weighted by Gasteiger charge is 2.33. The number of hydrogen-bond acceptors (Lipinski definition) is 3. The molecule has 0 saturated carbocycles. The molecule has 0 bridgehead atoms. The van der Waals surface area contributed by atoms with Crippen LogP contribution in [0.25, 0.3) is 0 Å². The van der Waals surface area contributed by atoms with Crippen LogP contribution in [0.15, 0.2) is 0 Å². The van der Waals surface area contributed by atoms with E-state index in [0.717, 1.165) is 13.2 Å². The third kappa shape index (κ3) is 11.9. The number of ether oxygens (including phenoxy) is 1. The van der Waals surface area contributed by atoms with Crippen LogP contribution in [-0.2, 0) is 4.74 Å². The highest BCUT2D eigenvalue weighted by molar-refractivity contribution is 6.89. The summed E-state index contributed by atoms with van der Waals surface area (Å²) in [5.41, 5.74) is 0. The molecule has 0 aliphatic heterocycles. The van der Waals surface area contributed by atoms with Gasteiger partial charge in [0.05, 0.1) is 8.80 Å². The Hall–Kier alpha value is 0.748. The number of rotatable bonds is 13. The fourth-order valence-corrected chi connectivity index (χ4v) is 17.8. The first-order chi connectivity index (χ1) is 11.2. The second kappa shape index (κ2) is 10.9. The third-order valence-electron chi connectivity index (χ3n) is 4.46. The zero-order valence-corrected chi connectivity index (χ0v) is 23.3. The number of hydrogen-bond donors (Lipinski definition) is 0. The van der Waals surface area contributed by atoms with E-state index in [4.69, 9.17) is 4.74 Å². The second-order valence-corrected chi connectivity index (χ2v) is 28.5. The van der Waals surface area contributed by atoms with Crippen LogP contribution in [0.1, 0.15) is 12.8 Å². The van der Waals surface area contributed by atoms with Crippen molar-refractivity contribution in [1.82, 2.24) is 8.80 Å². The lowest BCUT2D eigenvalue weighted by Gasteiger charge is -2.43. The molecule has 0 unspecified atom stereocenters. The molecule has 0 aliphatic rings. The lowest BCUT2D eigenvalue weighted by Crippen LogP contribution is -2.59. The molecular formula is C18H47N2OSi4. The molecule has 25 heavy (non-hydrogen) atoms. The van der Waals surface area contributed by atoms with E-state index in [-0.39, 0.29) is 8.80 Å². The van der Waals surface area contributed by atoms with Gasteiger partial charge in [0.2, 0.25) is 0 Å². The van der Waals surface area contributed by atoms with Crippen LogP contribution in [0, 0.1) is 0 Å². The van der Waals surface area contributed by atoms with Gasteiger partial charge < -0.3 is 13.5 Å². The van der Waals surface area contributed by atoms with E-state index in [1.54, 1.807) is 0 Å². The summed E-state index contributed by atoms with van der Waals surface area (Å²) in [5.74, 6) is 0. The minimum absolute atomic E-state index is 0.181. The maximum absolute atomic E-state index is 5.98. The molecule has 0 rings (SSSR count). The molecule has 3 nitrogen and oxygen atoms in total. The monoisotopic (exact) mass is 419 g/mol. The topological polar surface area (TPSA) is 15.7 Å². The molecule has 1 radical (unpaired) electrons. The summed E-state index contributed by atoms with van der Waals surface area (Å²) in [5, 5.41) is 0. The summed E-state index contributed by atoms with van der Waals surface area (Å²) in [4.78, 5) is 0. The first-order valence-electron chi connectivity index (χ1n) is 10.1. The van der Waals surface area contributed by atoms with Gasteiger partial charge >= 0.3 is 0 Å². The molecule has 151 valence electrons. The van der Waals surface area contributed by atoms with Crippen molar-refractivity contribution in [2.75, 3.05) is 32.5 Å². The third-order valence-corrected chi connectivity index (χ3v) is 15.8. The quantitative estimate of drug-likeness (QED) is 0.302. The maximum atomic E-state index is 5.98. The molecule has 0 aromatic carbocycles. The first kappa shape index (κ1) is 25.7. The summed E-state index contributed by atoms with van der Waals surface area (Å²) in [6, 6.07) is 0. The molecule has 0 heterocycles. The van der Waals surface area contributed by atoms with Gasteiger partial charge in [-0.05, 0) is 32.1 Å². The van der Waals surface area contributed by atoms with Crippen LogP contribution in [0.4, 0.5) is 0 Å². The van der Waals surface area contributed by atoms with E-state index < -0.39 is 24.7 Å². The van der Waals surface area contributed by atoms with Crippen molar-refractivity contribution >= 4 is 33.5 Å². The lowest BCUT2D eigenvalue weighted by molar-refractivity contribution is 0.124. The molecule has 0 saturated heterocycles. The van der Waals surface area contributed by atoms with Crippen molar-refractivity contribution in [3.63, 3.8) is 0 Å². The van der Waals surface area contributed by atoms with E-state index in [1.807, 2.05) is 0 Å². The Morgan fingerprint density at radius 3 is 1.48 bits per heavy atom. The average molecular weight is 420 g/mol. The van der Waals surface area contributed by atoms with Crippen LogP contribution in [0.2, 0.25) is 72.0 Å². The van der Waals surface area contributed by atoms with Gasteiger partial charge in [0, 0.05) is 13.2 Å². The fourth-order valence-electron chi connectivity index (χ4n) is 3.49. The Bertz CT molecular complexity index is 346. The van der Waals surface area contributed by atoms with E-state index in [0.29, 0.717) is 0 Å². The van der Waals surface area contributed by atoms with Crippen molar-refractivity contribution < 1.29 is 4.74 Å². The minimum Gasteiger partial charge on any atom is -0.381 e. The van der Waals surface area contributed by atoms with Gasteiger partial charge in [-0.15, -0.1) is 0 Å². The van der Waals surface area contributed by atoms with Crippen molar-refractivity contribution in [2.45, 2.75) is 84.9 Å². The van der Waals surface area contributed by atoms with E-state index in [9.17, 15) is 0 Å². The van der Waals surface area contributed by atoms with Crippen molar-refractivity contribution in [1.29, 1.82) is 0 Å². The van der Waals surface area contributed by atoms with Gasteiger partial charge in [-0.2, -0.15) is 0 Å². The van der Waals surface area contributed by atoms with Crippen LogP contribution < -0.4 is 0 Å². The molecule has 0 spiro atoms. The number of nitrogens with zero attached hydrogens (tertiary/aromatic N) is 2. The van der Waals surface area contributed by atoms with E-state index >= 15 is 0 Å². The standard InChI is InChI=1S/C18H47N2OSi4/c1-22(2)18-19(23(3,4)5)14-12-16-21-17-13-15-20(24(6,7)8)25(9,10)11/h12-18H2,1-11H3.